The second-order valence-electron chi connectivity index (χ2n) is 1.78. The molecular weight excluding hydrogens is 198 g/mol. The number of hydrogen-bond donors (Lipinski definition) is 0. The molecule has 0 aromatic heterocycles. The van der Waals surface area contributed by atoms with E-state index in [1.165, 1.54) is 19.2 Å². The van der Waals surface area contributed by atoms with Crippen LogP contribution in [-0.4, -0.2) is 7.11 Å². The lowest BCUT2D eigenvalue weighted by atomic mass is 10.3. The van der Waals surface area contributed by atoms with E-state index in [9.17, 15) is 4.39 Å². The van der Waals surface area contributed by atoms with E-state index in [1.54, 1.807) is 6.07 Å². The molecule has 0 aliphatic carbocycles. The molecule has 0 radical (unpaired) electrons. The van der Waals surface area contributed by atoms with Crippen LogP contribution in [0, 0.1) is 5.82 Å². The van der Waals surface area contributed by atoms with Crippen molar-refractivity contribution in [1.82, 2.24) is 0 Å². The van der Waals surface area contributed by atoms with E-state index in [2.05, 4.69) is 15.9 Å². The van der Waals surface area contributed by atoms with Crippen LogP contribution in [0.5, 0.6) is 5.75 Å². The zero-order valence-electron chi connectivity index (χ0n) is 5.40. The molecule has 1 nitrogen and oxygen atoms in total. The lowest BCUT2D eigenvalue weighted by Crippen LogP contribution is -1.84. The van der Waals surface area contributed by atoms with Gasteiger partial charge in [-0.15, -0.1) is 0 Å². The highest BCUT2D eigenvalue weighted by Gasteiger charge is 1.98. The Morgan fingerprint density at radius 1 is 1.50 bits per heavy atom. The summed E-state index contributed by atoms with van der Waals surface area (Å²) in [5.74, 6) is 0.370. The van der Waals surface area contributed by atoms with E-state index in [1.807, 2.05) is 0 Å². The smallest absolute Gasteiger partial charge is 0.133 e. The predicted octanol–water partition coefficient (Wildman–Crippen LogP) is 2.60. The van der Waals surface area contributed by atoms with Crippen molar-refractivity contribution < 1.29 is 9.13 Å². The average molecular weight is 204 g/mol. The number of hydrogen-bond acceptors (Lipinski definition) is 1. The first kappa shape index (κ1) is 7.54. The van der Waals surface area contributed by atoms with Crippen molar-refractivity contribution in [2.75, 3.05) is 7.11 Å². The highest BCUT2D eigenvalue weighted by Crippen LogP contribution is 2.24. The molecule has 0 amide bonds. The Kier molecular flexibility index (Phi) is 2.27. The van der Waals surface area contributed by atoms with E-state index in [0.717, 1.165) is 0 Å². The summed E-state index contributed by atoms with van der Waals surface area (Å²) in [5, 5.41) is 0. The van der Waals surface area contributed by atoms with Crippen LogP contribution in [0.3, 0.4) is 0 Å². The molecule has 0 fully saturated rings. The Balaban J connectivity index is 3.07. The molecule has 1 aromatic rings. The maximum Gasteiger partial charge on any atom is 0.133 e. The monoisotopic (exact) mass is 203 g/mol. The molecule has 1 rings (SSSR count). The molecule has 0 saturated carbocycles. The van der Waals surface area contributed by atoms with Crippen LogP contribution in [0.4, 0.5) is 4.39 Å². The molecule has 0 saturated heterocycles. The van der Waals surface area contributed by atoms with Gasteiger partial charge in [0.1, 0.15) is 11.6 Å². The van der Waals surface area contributed by atoms with Crippen molar-refractivity contribution >= 4 is 15.9 Å². The van der Waals surface area contributed by atoms with Gasteiger partial charge in [0.25, 0.3) is 0 Å². The van der Waals surface area contributed by atoms with E-state index in [4.69, 9.17) is 4.74 Å². The SMILES string of the molecule is COc1ccc([18F])cc1Br. The van der Waals surface area contributed by atoms with Gasteiger partial charge in [0, 0.05) is 0 Å². The Morgan fingerprint density at radius 2 is 2.20 bits per heavy atom. The molecule has 1 aromatic carbocycles. The molecule has 0 N–H and O–H groups in total. The molecule has 0 aliphatic rings. The van der Waals surface area contributed by atoms with Gasteiger partial charge in [-0.3, -0.25) is 0 Å². The van der Waals surface area contributed by atoms with Crippen molar-refractivity contribution in [1.29, 1.82) is 0 Å². The minimum atomic E-state index is -0.271. The van der Waals surface area contributed by atoms with Gasteiger partial charge in [0.15, 0.2) is 0 Å². The Labute approximate surface area is 66.9 Å². The fraction of sp³-hybridized carbons (Fsp3) is 0.143. The van der Waals surface area contributed by atoms with Crippen LogP contribution in [0.1, 0.15) is 0 Å². The molecular formula is C7H6BrFO. The first-order chi connectivity index (χ1) is 4.74. The number of ether oxygens (including phenoxy) is 1. The third-order valence-corrected chi connectivity index (χ3v) is 1.73. The van der Waals surface area contributed by atoms with E-state index in [-0.39, 0.29) is 5.82 Å². The van der Waals surface area contributed by atoms with Crippen molar-refractivity contribution in [3.63, 3.8) is 0 Å². The Morgan fingerprint density at radius 3 is 2.70 bits per heavy atom. The van der Waals surface area contributed by atoms with Crippen LogP contribution < -0.4 is 4.74 Å². The lowest BCUT2D eigenvalue weighted by molar-refractivity contribution is 0.411. The molecule has 0 aliphatic heterocycles. The summed E-state index contributed by atoms with van der Waals surface area (Å²) in [6, 6.07) is 4.28. The zero-order chi connectivity index (χ0) is 7.56. The zero-order valence-corrected chi connectivity index (χ0v) is 6.98. The van der Waals surface area contributed by atoms with Crippen molar-refractivity contribution in [3.05, 3.63) is 28.5 Å². The maximum absolute atomic E-state index is 12.4. The van der Waals surface area contributed by atoms with Crippen LogP contribution in [0.2, 0.25) is 0 Å². The molecule has 54 valence electrons. The van der Waals surface area contributed by atoms with Gasteiger partial charge in [-0.1, -0.05) is 0 Å². The maximum atomic E-state index is 12.4. The van der Waals surface area contributed by atoms with Gasteiger partial charge >= 0.3 is 0 Å². The molecule has 3 heteroatoms. The number of benzene rings is 1. The fourth-order valence-corrected chi connectivity index (χ4v) is 1.15. The molecule has 0 bridgehead atoms. The summed E-state index contributed by atoms with van der Waals surface area (Å²) in [6.45, 7) is 0. The predicted molar refractivity (Wildman–Crippen MR) is 40.7 cm³/mol. The second-order valence-corrected chi connectivity index (χ2v) is 2.63. The van der Waals surface area contributed by atoms with Crippen molar-refractivity contribution in [2.45, 2.75) is 0 Å². The summed E-state index contributed by atoms with van der Waals surface area (Å²) < 4.78 is 17.9. The normalized spacial score (nSPS) is 9.50. The van der Waals surface area contributed by atoms with Gasteiger partial charge in [0.2, 0.25) is 0 Å². The van der Waals surface area contributed by atoms with Crippen LogP contribution >= 0.6 is 15.9 Å². The van der Waals surface area contributed by atoms with Crippen LogP contribution in [0.25, 0.3) is 0 Å². The van der Waals surface area contributed by atoms with Gasteiger partial charge in [-0.25, -0.2) is 4.39 Å². The third kappa shape index (κ3) is 1.48. The summed E-state index contributed by atoms with van der Waals surface area (Å²) in [6.07, 6.45) is 0. The van der Waals surface area contributed by atoms with E-state index < -0.39 is 0 Å². The first-order valence-corrected chi connectivity index (χ1v) is 3.52. The van der Waals surface area contributed by atoms with Crippen LogP contribution in [0.15, 0.2) is 22.7 Å². The third-order valence-electron chi connectivity index (χ3n) is 1.11. The summed E-state index contributed by atoms with van der Waals surface area (Å²) >= 11 is 3.14. The van der Waals surface area contributed by atoms with Crippen LogP contribution in [-0.2, 0) is 0 Å². The van der Waals surface area contributed by atoms with Gasteiger partial charge in [0.05, 0.1) is 11.6 Å². The Hall–Kier alpha value is -0.570. The quantitative estimate of drug-likeness (QED) is 0.683. The van der Waals surface area contributed by atoms with E-state index in [0.29, 0.717) is 10.2 Å². The lowest BCUT2D eigenvalue weighted by Gasteiger charge is -2.00. The van der Waals surface area contributed by atoms with Crippen molar-refractivity contribution in [3.8, 4) is 5.75 Å². The standard InChI is InChI=1S/C7H6BrFO/c1-10-7-3-2-5(9)4-6(7)8/h2-4H,1H3/i9-1. The molecule has 0 unspecified atom stereocenters. The van der Waals surface area contributed by atoms with E-state index >= 15 is 0 Å². The largest absolute Gasteiger partial charge is 0.496 e. The average Bonchev–Trinajstić information content (AvgIpc) is 1.88. The molecule has 10 heavy (non-hydrogen) atoms. The highest BCUT2D eigenvalue weighted by atomic mass is 79.9. The van der Waals surface area contributed by atoms with Crippen molar-refractivity contribution in [2.24, 2.45) is 0 Å². The summed E-state index contributed by atoms with van der Waals surface area (Å²) in [7, 11) is 1.54. The van der Waals surface area contributed by atoms with Gasteiger partial charge in [-0.2, -0.15) is 0 Å². The highest BCUT2D eigenvalue weighted by molar-refractivity contribution is 9.10. The van der Waals surface area contributed by atoms with Gasteiger partial charge < -0.3 is 4.74 Å². The number of rotatable bonds is 1. The topological polar surface area (TPSA) is 9.23 Å². The Bertz CT molecular complexity index is 237. The number of methoxy groups -OCH3 is 1. The minimum absolute atomic E-state index is 0.271. The molecule has 0 atom stereocenters. The first-order valence-electron chi connectivity index (χ1n) is 2.73. The summed E-state index contributed by atoms with van der Waals surface area (Å²) in [4.78, 5) is 0. The van der Waals surface area contributed by atoms with Gasteiger partial charge in [-0.05, 0) is 34.1 Å². The summed E-state index contributed by atoms with van der Waals surface area (Å²) in [5.41, 5.74) is 0. The fourth-order valence-electron chi connectivity index (χ4n) is 0.641. The second kappa shape index (κ2) is 3.01. The minimum Gasteiger partial charge on any atom is -0.496 e. The molecule has 0 spiro atoms. The molecule has 0 heterocycles. The number of halogens is 2.